The first kappa shape index (κ1) is 32.7. The summed E-state index contributed by atoms with van der Waals surface area (Å²) in [6, 6.07) is 0. The summed E-state index contributed by atoms with van der Waals surface area (Å²) in [4.78, 5) is 0. The average Bonchev–Trinajstić information content (AvgIpc) is 2.80. The Labute approximate surface area is 206 Å². The Morgan fingerprint density at radius 3 is 1.42 bits per heavy atom. The molecule has 0 aliphatic heterocycles. The van der Waals surface area contributed by atoms with Crippen LogP contribution in [0.1, 0.15) is 151 Å². The maximum Gasteiger partial charge on any atom is 0.340 e. The van der Waals surface area contributed by atoms with Crippen molar-refractivity contribution in [2.45, 2.75) is 156 Å². The fraction of sp³-hybridized carbons (Fsp3) is 0.929. The zero-order chi connectivity index (χ0) is 25.0. The summed E-state index contributed by atoms with van der Waals surface area (Å²) in [5.74, 6) is 0.290. The summed E-state index contributed by atoms with van der Waals surface area (Å²) in [6.45, 7) is 13.4. The third-order valence-corrected chi connectivity index (χ3v) is 9.99. The van der Waals surface area contributed by atoms with Gasteiger partial charge in [-0.1, -0.05) is 105 Å². The molecule has 0 aromatic rings. The minimum atomic E-state index is -3.45. The van der Waals surface area contributed by atoms with Crippen LogP contribution in [0.5, 0.6) is 0 Å². The van der Waals surface area contributed by atoms with Gasteiger partial charge in [-0.2, -0.15) is 0 Å². The predicted octanol–water partition coefficient (Wildman–Crippen LogP) is 10.5. The number of rotatable bonds is 23. The molecule has 1 N–H and O–H groups in total. The van der Waals surface area contributed by atoms with Crippen LogP contribution < -0.4 is 0 Å². The molecule has 0 aliphatic rings. The van der Waals surface area contributed by atoms with Gasteiger partial charge in [0.1, 0.15) is 0 Å². The second kappa shape index (κ2) is 19.9. The van der Waals surface area contributed by atoms with E-state index in [2.05, 4.69) is 34.6 Å². The number of aliphatic hydroxyl groups excluding tert-OH is 1. The van der Waals surface area contributed by atoms with Crippen LogP contribution in [-0.2, 0) is 13.6 Å². The van der Waals surface area contributed by atoms with Crippen LogP contribution in [0.15, 0.2) is 11.3 Å². The van der Waals surface area contributed by atoms with Gasteiger partial charge in [-0.3, -0.25) is 4.57 Å². The molecule has 0 aromatic heterocycles. The second-order valence-corrected chi connectivity index (χ2v) is 12.0. The Hall–Kier alpha value is -0.310. The largest absolute Gasteiger partial charge is 0.513 e. The maximum atomic E-state index is 14.5. The lowest BCUT2D eigenvalue weighted by molar-refractivity contribution is 0.176. The standard InChI is InChI=1S/C28H57O4P/c1-7-12-15-17-19-21-24-31-33(30,32-25-22-20-18-16-13-8-2)28(10-4,11-5)27(26(6)29)23-14-9-3/h29H,7-25H2,1-6H3. The van der Waals surface area contributed by atoms with Crippen LogP contribution >= 0.6 is 7.60 Å². The fourth-order valence-corrected chi connectivity index (χ4v) is 7.44. The molecule has 0 spiro atoms. The number of hydrogen-bond acceptors (Lipinski definition) is 4. The van der Waals surface area contributed by atoms with Crippen LogP contribution in [0.2, 0.25) is 0 Å². The highest BCUT2D eigenvalue weighted by Crippen LogP contribution is 2.67. The highest BCUT2D eigenvalue weighted by atomic mass is 31.2. The topological polar surface area (TPSA) is 55.8 Å². The van der Waals surface area contributed by atoms with Crippen molar-refractivity contribution in [2.24, 2.45) is 0 Å². The number of aliphatic hydroxyl groups is 1. The van der Waals surface area contributed by atoms with Gasteiger partial charge in [0.2, 0.25) is 0 Å². The van der Waals surface area contributed by atoms with Crippen LogP contribution in [0.4, 0.5) is 0 Å². The van der Waals surface area contributed by atoms with Crippen molar-refractivity contribution in [1.82, 2.24) is 0 Å². The number of allylic oxidation sites excluding steroid dienone is 2. The molecule has 0 rings (SSSR count). The van der Waals surface area contributed by atoms with Gasteiger partial charge in [0.25, 0.3) is 0 Å². The average molecular weight is 489 g/mol. The molecular formula is C28H57O4P. The van der Waals surface area contributed by atoms with E-state index in [0.29, 0.717) is 31.8 Å². The summed E-state index contributed by atoms with van der Waals surface area (Å²) in [5.41, 5.74) is 0.878. The van der Waals surface area contributed by atoms with Gasteiger partial charge >= 0.3 is 7.60 Å². The molecule has 4 nitrogen and oxygen atoms in total. The lowest BCUT2D eigenvalue weighted by atomic mass is 9.88. The molecule has 0 aromatic carbocycles. The Balaban J connectivity index is 5.45. The van der Waals surface area contributed by atoms with E-state index in [9.17, 15) is 9.67 Å². The van der Waals surface area contributed by atoms with Crippen molar-refractivity contribution in [3.05, 3.63) is 11.3 Å². The molecule has 0 heterocycles. The minimum Gasteiger partial charge on any atom is -0.513 e. The van der Waals surface area contributed by atoms with E-state index in [0.717, 1.165) is 50.5 Å². The molecule has 5 heteroatoms. The smallest absolute Gasteiger partial charge is 0.340 e. The predicted molar refractivity (Wildman–Crippen MR) is 144 cm³/mol. The molecule has 0 bridgehead atoms. The van der Waals surface area contributed by atoms with E-state index >= 15 is 0 Å². The summed E-state index contributed by atoms with van der Waals surface area (Å²) in [5, 5.41) is 9.89. The van der Waals surface area contributed by atoms with Gasteiger partial charge in [-0.05, 0) is 51.0 Å². The Bertz CT molecular complexity index is 514. The monoisotopic (exact) mass is 488 g/mol. The van der Waals surface area contributed by atoms with Gasteiger partial charge in [-0.25, -0.2) is 0 Å². The minimum absolute atomic E-state index is 0.290. The van der Waals surface area contributed by atoms with E-state index < -0.39 is 12.8 Å². The van der Waals surface area contributed by atoms with Gasteiger partial charge in [0, 0.05) is 0 Å². The molecule has 198 valence electrons. The molecule has 0 fully saturated rings. The van der Waals surface area contributed by atoms with E-state index in [4.69, 9.17) is 9.05 Å². The van der Waals surface area contributed by atoms with E-state index in [-0.39, 0.29) is 0 Å². The highest BCUT2D eigenvalue weighted by molar-refractivity contribution is 7.56. The van der Waals surface area contributed by atoms with E-state index in [1.54, 1.807) is 6.92 Å². The number of unbranched alkanes of at least 4 members (excludes halogenated alkanes) is 11. The van der Waals surface area contributed by atoms with E-state index in [1.807, 2.05) is 0 Å². The molecule has 0 saturated carbocycles. The van der Waals surface area contributed by atoms with Gasteiger partial charge in [0.05, 0.1) is 24.1 Å². The van der Waals surface area contributed by atoms with Crippen molar-refractivity contribution < 1.29 is 18.7 Å². The normalized spacial score (nSPS) is 13.4. The van der Waals surface area contributed by atoms with E-state index in [1.165, 1.54) is 51.4 Å². The van der Waals surface area contributed by atoms with Crippen LogP contribution in [0.25, 0.3) is 0 Å². The molecule has 0 atom stereocenters. The Morgan fingerprint density at radius 2 is 1.06 bits per heavy atom. The zero-order valence-corrected chi connectivity index (χ0v) is 23.9. The van der Waals surface area contributed by atoms with Crippen LogP contribution in [-0.4, -0.2) is 23.5 Å². The zero-order valence-electron chi connectivity index (χ0n) is 23.1. The van der Waals surface area contributed by atoms with Crippen LogP contribution in [0.3, 0.4) is 0 Å². The third kappa shape index (κ3) is 11.8. The molecular weight excluding hydrogens is 431 g/mol. The fourth-order valence-electron chi connectivity index (χ4n) is 4.75. The molecule has 33 heavy (non-hydrogen) atoms. The van der Waals surface area contributed by atoms with Crippen LogP contribution in [0, 0.1) is 0 Å². The molecule has 0 saturated heterocycles. The van der Waals surface area contributed by atoms with Crippen molar-refractivity contribution >= 4 is 7.60 Å². The summed E-state index contributed by atoms with van der Waals surface area (Å²) in [6.07, 6.45) is 18.0. The lowest BCUT2D eigenvalue weighted by Gasteiger charge is -2.40. The van der Waals surface area contributed by atoms with Gasteiger partial charge < -0.3 is 14.2 Å². The molecule has 0 unspecified atom stereocenters. The summed E-state index contributed by atoms with van der Waals surface area (Å²) < 4.78 is 26.9. The first-order chi connectivity index (χ1) is 15.9. The van der Waals surface area contributed by atoms with Gasteiger partial charge in [0.15, 0.2) is 0 Å². The third-order valence-electron chi connectivity index (χ3n) is 6.99. The summed E-state index contributed by atoms with van der Waals surface area (Å²) >= 11 is 0. The van der Waals surface area contributed by atoms with Crippen molar-refractivity contribution in [3.8, 4) is 0 Å². The van der Waals surface area contributed by atoms with Gasteiger partial charge in [-0.15, -0.1) is 0 Å². The van der Waals surface area contributed by atoms with Crippen molar-refractivity contribution in [3.63, 3.8) is 0 Å². The molecule has 0 aliphatic carbocycles. The summed E-state index contributed by atoms with van der Waals surface area (Å²) in [7, 11) is -3.45. The maximum absolute atomic E-state index is 14.5. The Kier molecular flexibility index (Phi) is 19.8. The number of hydrogen-bond donors (Lipinski definition) is 1. The Morgan fingerprint density at radius 1 is 0.667 bits per heavy atom. The molecule has 0 radical (unpaired) electrons. The second-order valence-electron chi connectivity index (χ2n) is 9.61. The SMILES string of the molecule is CCCCCCCCOP(=O)(OCCCCCCCC)C(CC)(CC)C(CCCC)=C(C)O. The lowest BCUT2D eigenvalue weighted by Crippen LogP contribution is -2.33. The first-order valence-corrected chi connectivity index (χ1v) is 15.7. The molecule has 0 amide bonds. The highest BCUT2D eigenvalue weighted by Gasteiger charge is 2.51. The first-order valence-electron chi connectivity index (χ1n) is 14.2. The quantitative estimate of drug-likeness (QED) is 0.0882. The van der Waals surface area contributed by atoms with Crippen molar-refractivity contribution in [2.75, 3.05) is 13.2 Å². The van der Waals surface area contributed by atoms with Crippen molar-refractivity contribution in [1.29, 1.82) is 0 Å².